The van der Waals surface area contributed by atoms with Crippen molar-refractivity contribution in [2.45, 2.75) is 32.2 Å². The van der Waals surface area contributed by atoms with Gasteiger partial charge < -0.3 is 21.3 Å². The van der Waals surface area contributed by atoms with Gasteiger partial charge in [0.1, 0.15) is 0 Å². The summed E-state index contributed by atoms with van der Waals surface area (Å²) in [7, 11) is 0. The highest BCUT2D eigenvalue weighted by Gasteiger charge is 2.14. The van der Waals surface area contributed by atoms with Crippen LogP contribution in [0.4, 0.5) is 11.4 Å². The second-order valence-electron chi connectivity index (χ2n) is 5.67. The molecular formula is C16H24N4O2. The fraction of sp³-hybridized carbons (Fsp3) is 0.500. The molecule has 1 aliphatic heterocycles. The maximum Gasteiger partial charge on any atom is 0.233 e. The van der Waals surface area contributed by atoms with Crippen LogP contribution in [0.25, 0.3) is 0 Å². The van der Waals surface area contributed by atoms with Crippen LogP contribution in [0.1, 0.15) is 26.2 Å². The number of rotatable bonds is 6. The molecule has 6 heteroatoms. The van der Waals surface area contributed by atoms with Crippen LogP contribution in [0.2, 0.25) is 0 Å². The number of carbonyl (C=O) groups excluding carboxylic acids is 2. The zero-order valence-electron chi connectivity index (χ0n) is 13.0. The number of hydrogen-bond acceptors (Lipinski definition) is 4. The Labute approximate surface area is 131 Å². The number of hydrogen-bond donors (Lipinski definition) is 3. The zero-order valence-corrected chi connectivity index (χ0v) is 13.0. The van der Waals surface area contributed by atoms with Crippen LogP contribution in [0.5, 0.6) is 0 Å². The Morgan fingerprint density at radius 1 is 1.27 bits per heavy atom. The van der Waals surface area contributed by atoms with Gasteiger partial charge in [0.05, 0.1) is 6.54 Å². The predicted octanol–water partition coefficient (Wildman–Crippen LogP) is 1.08. The Hall–Kier alpha value is -2.08. The molecule has 120 valence electrons. The van der Waals surface area contributed by atoms with Crippen molar-refractivity contribution in [3.8, 4) is 0 Å². The molecular weight excluding hydrogens is 280 g/mol. The molecule has 22 heavy (non-hydrogen) atoms. The zero-order chi connectivity index (χ0) is 15.9. The number of nitrogens with one attached hydrogen (secondary N) is 2. The molecule has 0 aromatic heterocycles. The quantitative estimate of drug-likeness (QED) is 0.734. The molecule has 4 N–H and O–H groups in total. The van der Waals surface area contributed by atoms with E-state index in [0.717, 1.165) is 24.5 Å². The van der Waals surface area contributed by atoms with E-state index in [2.05, 4.69) is 21.6 Å². The summed E-state index contributed by atoms with van der Waals surface area (Å²) in [5, 5.41) is 5.55. The third kappa shape index (κ3) is 4.73. The lowest BCUT2D eigenvalue weighted by Gasteiger charge is -2.19. The van der Waals surface area contributed by atoms with Gasteiger partial charge in [0.2, 0.25) is 11.8 Å². The lowest BCUT2D eigenvalue weighted by atomic mass is 10.2. The Kier molecular flexibility index (Phi) is 5.77. The molecule has 2 rings (SSSR count). The summed E-state index contributed by atoms with van der Waals surface area (Å²) < 4.78 is 0. The number of nitrogens with zero attached hydrogens (tertiary/aromatic N) is 1. The topological polar surface area (TPSA) is 87.5 Å². The van der Waals surface area contributed by atoms with Crippen molar-refractivity contribution in [2.24, 2.45) is 5.73 Å². The summed E-state index contributed by atoms with van der Waals surface area (Å²) in [6.07, 6.45) is 2.66. The van der Waals surface area contributed by atoms with E-state index >= 15 is 0 Å². The van der Waals surface area contributed by atoms with Crippen LogP contribution in [0, 0.1) is 0 Å². The number of benzene rings is 1. The van der Waals surface area contributed by atoms with E-state index in [1.807, 2.05) is 18.2 Å². The third-order valence-corrected chi connectivity index (χ3v) is 3.69. The van der Waals surface area contributed by atoms with Crippen LogP contribution >= 0.6 is 0 Å². The maximum atomic E-state index is 12.0. The average molecular weight is 304 g/mol. The van der Waals surface area contributed by atoms with Crippen molar-refractivity contribution in [1.29, 1.82) is 0 Å². The molecule has 1 atom stereocenters. The van der Waals surface area contributed by atoms with Gasteiger partial charge in [0, 0.05) is 36.9 Å². The lowest BCUT2D eigenvalue weighted by Crippen LogP contribution is -2.39. The first-order chi connectivity index (χ1) is 10.6. The number of anilines is 2. The van der Waals surface area contributed by atoms with Gasteiger partial charge in [-0.1, -0.05) is 6.07 Å². The van der Waals surface area contributed by atoms with E-state index in [1.54, 1.807) is 6.92 Å². The van der Waals surface area contributed by atoms with Crippen LogP contribution in [-0.4, -0.2) is 37.5 Å². The highest BCUT2D eigenvalue weighted by Crippen LogP contribution is 2.23. The predicted molar refractivity (Wildman–Crippen MR) is 87.8 cm³/mol. The Balaban J connectivity index is 1.88. The average Bonchev–Trinajstić information content (AvgIpc) is 3.01. The SMILES string of the molecule is CC(CC(=O)Nc1cccc(N2CCCC2)c1)NC(=O)CN. The van der Waals surface area contributed by atoms with Gasteiger partial charge in [0.25, 0.3) is 0 Å². The highest BCUT2D eigenvalue weighted by molar-refractivity contribution is 5.92. The summed E-state index contributed by atoms with van der Waals surface area (Å²) in [4.78, 5) is 25.5. The van der Waals surface area contributed by atoms with Gasteiger partial charge in [-0.15, -0.1) is 0 Å². The fourth-order valence-corrected chi connectivity index (χ4v) is 2.63. The van der Waals surface area contributed by atoms with Gasteiger partial charge in [-0.3, -0.25) is 9.59 Å². The number of nitrogens with two attached hydrogens (primary N) is 1. The minimum Gasteiger partial charge on any atom is -0.371 e. The molecule has 0 bridgehead atoms. The summed E-state index contributed by atoms with van der Waals surface area (Å²) >= 11 is 0. The third-order valence-electron chi connectivity index (χ3n) is 3.69. The summed E-state index contributed by atoms with van der Waals surface area (Å²) in [6, 6.07) is 7.64. The van der Waals surface area contributed by atoms with E-state index in [4.69, 9.17) is 5.73 Å². The maximum absolute atomic E-state index is 12.0. The van der Waals surface area contributed by atoms with Gasteiger partial charge in [0.15, 0.2) is 0 Å². The van der Waals surface area contributed by atoms with Crippen LogP contribution < -0.4 is 21.3 Å². The molecule has 1 unspecified atom stereocenters. The highest BCUT2D eigenvalue weighted by atomic mass is 16.2. The Morgan fingerprint density at radius 2 is 2.00 bits per heavy atom. The van der Waals surface area contributed by atoms with Gasteiger partial charge in [-0.25, -0.2) is 0 Å². The van der Waals surface area contributed by atoms with Crippen molar-refractivity contribution in [3.05, 3.63) is 24.3 Å². The van der Waals surface area contributed by atoms with Crippen LogP contribution in [0.3, 0.4) is 0 Å². The van der Waals surface area contributed by atoms with E-state index < -0.39 is 0 Å². The smallest absolute Gasteiger partial charge is 0.233 e. The first-order valence-corrected chi connectivity index (χ1v) is 7.73. The standard InChI is InChI=1S/C16H24N4O2/c1-12(18-16(22)11-17)9-15(21)19-13-5-4-6-14(10-13)20-7-2-3-8-20/h4-6,10,12H,2-3,7-9,11,17H2,1H3,(H,18,22)(H,19,21). The largest absolute Gasteiger partial charge is 0.371 e. The minimum atomic E-state index is -0.253. The van der Waals surface area contributed by atoms with E-state index in [-0.39, 0.29) is 30.8 Å². The molecule has 1 aromatic carbocycles. The second kappa shape index (κ2) is 7.79. The van der Waals surface area contributed by atoms with Crippen molar-refractivity contribution >= 4 is 23.2 Å². The van der Waals surface area contributed by atoms with Gasteiger partial charge >= 0.3 is 0 Å². The molecule has 0 spiro atoms. The lowest BCUT2D eigenvalue weighted by molar-refractivity contribution is -0.120. The molecule has 6 nitrogen and oxygen atoms in total. The Morgan fingerprint density at radius 3 is 2.68 bits per heavy atom. The molecule has 2 amide bonds. The molecule has 1 aliphatic rings. The van der Waals surface area contributed by atoms with Crippen LogP contribution in [-0.2, 0) is 9.59 Å². The Bertz CT molecular complexity index is 527. The summed E-state index contributed by atoms with van der Waals surface area (Å²) in [5.74, 6) is -0.375. The van der Waals surface area contributed by atoms with Crippen LogP contribution in [0.15, 0.2) is 24.3 Å². The van der Waals surface area contributed by atoms with E-state index in [0.29, 0.717) is 0 Å². The molecule has 0 aliphatic carbocycles. The van der Waals surface area contributed by atoms with E-state index in [1.165, 1.54) is 12.8 Å². The van der Waals surface area contributed by atoms with Crippen molar-refractivity contribution < 1.29 is 9.59 Å². The van der Waals surface area contributed by atoms with Crippen molar-refractivity contribution in [2.75, 3.05) is 29.9 Å². The van der Waals surface area contributed by atoms with Crippen molar-refractivity contribution in [1.82, 2.24) is 5.32 Å². The monoisotopic (exact) mass is 304 g/mol. The fourth-order valence-electron chi connectivity index (χ4n) is 2.63. The molecule has 1 heterocycles. The summed E-state index contributed by atoms with van der Waals surface area (Å²) in [6.45, 7) is 3.86. The van der Waals surface area contributed by atoms with E-state index in [9.17, 15) is 9.59 Å². The first-order valence-electron chi connectivity index (χ1n) is 7.73. The molecule has 1 aromatic rings. The normalized spacial score (nSPS) is 15.5. The first kappa shape index (κ1) is 16.3. The van der Waals surface area contributed by atoms with Gasteiger partial charge in [-0.2, -0.15) is 0 Å². The van der Waals surface area contributed by atoms with Gasteiger partial charge in [-0.05, 0) is 38.0 Å². The van der Waals surface area contributed by atoms with Crippen molar-refractivity contribution in [3.63, 3.8) is 0 Å². The molecule has 0 radical (unpaired) electrons. The second-order valence-corrected chi connectivity index (χ2v) is 5.67. The molecule has 1 fully saturated rings. The minimum absolute atomic E-state index is 0.0656. The number of carbonyl (C=O) groups is 2. The number of amides is 2. The molecule has 1 saturated heterocycles. The summed E-state index contributed by atoms with van der Waals surface area (Å²) in [5.41, 5.74) is 7.16. The molecule has 0 saturated carbocycles.